The molecule has 0 radical (unpaired) electrons. The van der Waals surface area contributed by atoms with Gasteiger partial charge in [-0.25, -0.2) is 4.98 Å². The van der Waals surface area contributed by atoms with Gasteiger partial charge >= 0.3 is 11.9 Å². The number of hydrogen-bond acceptors (Lipinski definition) is 4. The molecule has 0 saturated carbocycles. The zero-order valence-corrected chi connectivity index (χ0v) is 11.6. The SMILES string of the molecule is O=C(O)CC(Cn1cncn1)(C(=O)O)c1ccc(Cl)cc1. The van der Waals surface area contributed by atoms with E-state index < -0.39 is 23.8 Å². The standard InChI is InChI=1S/C13H12ClN3O4/c14-10-3-1-9(2-4-10)13(12(20)21,5-11(18)19)6-17-8-15-7-16-17/h1-4,7-8H,5-6H2,(H,18,19)(H,20,21). The van der Waals surface area contributed by atoms with Crippen LogP contribution in [0.3, 0.4) is 0 Å². The first-order chi connectivity index (χ1) is 9.94. The highest BCUT2D eigenvalue weighted by Gasteiger charge is 2.43. The molecule has 1 aromatic carbocycles. The molecule has 1 aromatic heterocycles. The molecule has 21 heavy (non-hydrogen) atoms. The van der Waals surface area contributed by atoms with E-state index in [2.05, 4.69) is 10.1 Å². The summed E-state index contributed by atoms with van der Waals surface area (Å²) < 4.78 is 1.30. The zero-order valence-electron chi connectivity index (χ0n) is 10.8. The minimum atomic E-state index is -1.65. The highest BCUT2D eigenvalue weighted by Crippen LogP contribution is 2.31. The lowest BCUT2D eigenvalue weighted by molar-refractivity contribution is -0.151. The van der Waals surface area contributed by atoms with Crippen molar-refractivity contribution in [2.75, 3.05) is 0 Å². The molecule has 7 nitrogen and oxygen atoms in total. The summed E-state index contributed by atoms with van der Waals surface area (Å²) in [5.74, 6) is -2.46. The van der Waals surface area contributed by atoms with Crippen LogP contribution in [0.1, 0.15) is 12.0 Å². The number of aromatic nitrogens is 3. The van der Waals surface area contributed by atoms with Crippen molar-refractivity contribution in [3.8, 4) is 0 Å². The molecule has 0 aliphatic heterocycles. The predicted octanol–water partition coefficient (Wildman–Crippen LogP) is 1.43. The molecule has 8 heteroatoms. The lowest BCUT2D eigenvalue weighted by Crippen LogP contribution is -2.42. The Labute approximate surface area is 124 Å². The molecule has 2 aromatic rings. The fraction of sp³-hybridized carbons (Fsp3) is 0.231. The van der Waals surface area contributed by atoms with Gasteiger partial charge in [-0.1, -0.05) is 23.7 Å². The summed E-state index contributed by atoms with van der Waals surface area (Å²) in [4.78, 5) is 26.7. The van der Waals surface area contributed by atoms with Crippen molar-refractivity contribution in [2.45, 2.75) is 18.4 Å². The average Bonchev–Trinajstić information content (AvgIpc) is 2.90. The summed E-state index contributed by atoms with van der Waals surface area (Å²) in [6.45, 7) is -0.143. The van der Waals surface area contributed by atoms with E-state index in [1.807, 2.05) is 0 Å². The Morgan fingerprint density at radius 3 is 2.38 bits per heavy atom. The van der Waals surface area contributed by atoms with Gasteiger partial charge in [0.15, 0.2) is 0 Å². The van der Waals surface area contributed by atoms with Crippen molar-refractivity contribution in [2.24, 2.45) is 0 Å². The van der Waals surface area contributed by atoms with Gasteiger partial charge in [0, 0.05) is 5.02 Å². The number of rotatable bonds is 6. The van der Waals surface area contributed by atoms with Crippen molar-refractivity contribution >= 4 is 23.5 Å². The second kappa shape index (κ2) is 5.92. The molecular formula is C13H12ClN3O4. The van der Waals surface area contributed by atoms with E-state index in [1.54, 1.807) is 0 Å². The Balaban J connectivity index is 2.51. The number of hydrogen-bond donors (Lipinski definition) is 2. The van der Waals surface area contributed by atoms with E-state index in [4.69, 9.17) is 16.7 Å². The van der Waals surface area contributed by atoms with Crippen LogP contribution in [0.15, 0.2) is 36.9 Å². The summed E-state index contributed by atoms with van der Waals surface area (Å²) in [5, 5.41) is 23.0. The van der Waals surface area contributed by atoms with Crippen LogP contribution in [-0.2, 0) is 21.5 Å². The summed E-state index contributed by atoms with van der Waals surface area (Å²) in [6.07, 6.45) is 2.02. The second-order valence-electron chi connectivity index (χ2n) is 4.56. The average molecular weight is 310 g/mol. The molecule has 110 valence electrons. The smallest absolute Gasteiger partial charge is 0.316 e. The van der Waals surface area contributed by atoms with Crippen molar-refractivity contribution in [3.63, 3.8) is 0 Å². The Morgan fingerprint density at radius 2 is 1.90 bits per heavy atom. The number of benzene rings is 1. The molecule has 0 aliphatic carbocycles. The number of aliphatic carboxylic acids is 2. The minimum absolute atomic E-state index is 0.143. The molecule has 1 atom stereocenters. The van der Waals surface area contributed by atoms with Crippen LogP contribution in [0.2, 0.25) is 5.02 Å². The summed E-state index contributed by atoms with van der Waals surface area (Å²) >= 11 is 5.80. The van der Waals surface area contributed by atoms with E-state index in [-0.39, 0.29) is 6.54 Å². The van der Waals surface area contributed by atoms with Gasteiger partial charge in [0.2, 0.25) is 0 Å². The normalized spacial score (nSPS) is 13.6. The maximum Gasteiger partial charge on any atom is 0.316 e. The summed E-state index contributed by atoms with van der Waals surface area (Å²) in [6, 6.07) is 6.07. The quantitative estimate of drug-likeness (QED) is 0.836. The lowest BCUT2D eigenvalue weighted by Gasteiger charge is -2.28. The zero-order chi connectivity index (χ0) is 15.5. The number of nitrogens with zero attached hydrogens (tertiary/aromatic N) is 3. The third-order valence-electron chi connectivity index (χ3n) is 3.16. The van der Waals surface area contributed by atoms with Gasteiger partial charge in [0.05, 0.1) is 13.0 Å². The van der Waals surface area contributed by atoms with Crippen LogP contribution in [-0.4, -0.2) is 36.9 Å². The molecule has 0 spiro atoms. The van der Waals surface area contributed by atoms with Gasteiger partial charge in [0.1, 0.15) is 18.1 Å². The van der Waals surface area contributed by atoms with Gasteiger partial charge < -0.3 is 10.2 Å². The third kappa shape index (κ3) is 3.19. The molecule has 1 heterocycles. The number of halogens is 1. The molecule has 0 amide bonds. The molecule has 0 bridgehead atoms. The summed E-state index contributed by atoms with van der Waals surface area (Å²) in [5.41, 5.74) is -1.30. The Hall–Kier alpha value is -2.41. The van der Waals surface area contributed by atoms with E-state index in [0.29, 0.717) is 10.6 Å². The number of carboxylic acid groups (broad SMARTS) is 2. The second-order valence-corrected chi connectivity index (χ2v) is 4.99. The number of carbonyl (C=O) groups is 2. The highest BCUT2D eigenvalue weighted by molar-refractivity contribution is 6.30. The predicted molar refractivity (Wildman–Crippen MR) is 73.0 cm³/mol. The van der Waals surface area contributed by atoms with Crippen molar-refractivity contribution in [1.82, 2.24) is 14.8 Å². The van der Waals surface area contributed by atoms with E-state index >= 15 is 0 Å². The molecule has 2 rings (SSSR count). The molecule has 0 saturated heterocycles. The Bertz CT molecular complexity index is 642. The number of carboxylic acids is 2. The molecular weight excluding hydrogens is 298 g/mol. The molecule has 2 N–H and O–H groups in total. The van der Waals surface area contributed by atoms with Gasteiger partial charge in [-0.05, 0) is 17.7 Å². The molecule has 0 fully saturated rings. The van der Waals surface area contributed by atoms with Crippen molar-refractivity contribution < 1.29 is 19.8 Å². The van der Waals surface area contributed by atoms with Crippen molar-refractivity contribution in [1.29, 1.82) is 0 Å². The fourth-order valence-electron chi connectivity index (χ4n) is 2.13. The Kier molecular flexibility index (Phi) is 4.23. The van der Waals surface area contributed by atoms with Crippen LogP contribution in [0.4, 0.5) is 0 Å². The van der Waals surface area contributed by atoms with Crippen LogP contribution < -0.4 is 0 Å². The monoisotopic (exact) mass is 309 g/mol. The first-order valence-corrected chi connectivity index (χ1v) is 6.35. The maximum atomic E-state index is 11.8. The van der Waals surface area contributed by atoms with Gasteiger partial charge in [-0.2, -0.15) is 5.10 Å². The van der Waals surface area contributed by atoms with Gasteiger partial charge in [-0.15, -0.1) is 0 Å². The van der Waals surface area contributed by atoms with E-state index in [0.717, 1.165) is 0 Å². The van der Waals surface area contributed by atoms with Crippen molar-refractivity contribution in [3.05, 3.63) is 47.5 Å². The van der Waals surface area contributed by atoms with Gasteiger partial charge in [-0.3, -0.25) is 14.3 Å². The first-order valence-electron chi connectivity index (χ1n) is 5.98. The fourth-order valence-corrected chi connectivity index (χ4v) is 2.26. The van der Waals surface area contributed by atoms with E-state index in [1.165, 1.54) is 41.6 Å². The Morgan fingerprint density at radius 1 is 1.24 bits per heavy atom. The molecule has 0 aliphatic rings. The van der Waals surface area contributed by atoms with Crippen LogP contribution in [0.25, 0.3) is 0 Å². The maximum absolute atomic E-state index is 11.8. The third-order valence-corrected chi connectivity index (χ3v) is 3.41. The lowest BCUT2D eigenvalue weighted by atomic mass is 9.77. The first kappa shape index (κ1) is 15.0. The highest BCUT2D eigenvalue weighted by atomic mass is 35.5. The van der Waals surface area contributed by atoms with Gasteiger partial charge in [0.25, 0.3) is 0 Å². The minimum Gasteiger partial charge on any atom is -0.481 e. The molecule has 1 unspecified atom stereocenters. The summed E-state index contributed by atoms with van der Waals surface area (Å²) in [7, 11) is 0. The van der Waals surface area contributed by atoms with Crippen LogP contribution >= 0.6 is 11.6 Å². The topological polar surface area (TPSA) is 105 Å². The van der Waals surface area contributed by atoms with Crippen LogP contribution in [0.5, 0.6) is 0 Å². The van der Waals surface area contributed by atoms with E-state index in [9.17, 15) is 14.7 Å². The largest absolute Gasteiger partial charge is 0.481 e. The van der Waals surface area contributed by atoms with Crippen LogP contribution in [0, 0.1) is 0 Å².